The number of nitrogen functional groups attached to an aromatic ring is 1. The average Bonchev–Trinajstić information content (AvgIpc) is 2.67. The molecule has 2 aromatic heterocycles. The zero-order valence-electron chi connectivity index (χ0n) is 9.64. The van der Waals surface area contributed by atoms with Crippen molar-refractivity contribution in [3.8, 4) is 11.3 Å². The number of aryl methyl sites for hydroxylation is 1. The van der Waals surface area contributed by atoms with Gasteiger partial charge in [0.15, 0.2) is 5.13 Å². The van der Waals surface area contributed by atoms with E-state index in [4.69, 9.17) is 10.2 Å². The molecule has 0 atom stereocenters. The van der Waals surface area contributed by atoms with Crippen molar-refractivity contribution in [1.82, 2.24) is 4.98 Å². The fraction of sp³-hybridized carbons (Fsp3) is 0.0769. The number of anilines is 1. The molecule has 0 radical (unpaired) electrons. The summed E-state index contributed by atoms with van der Waals surface area (Å²) in [6.07, 6.45) is 0. The Morgan fingerprint density at radius 2 is 2.11 bits per heavy atom. The molecule has 1 aromatic carbocycles. The van der Waals surface area contributed by atoms with E-state index >= 15 is 0 Å². The summed E-state index contributed by atoms with van der Waals surface area (Å²) in [4.78, 5) is 17.0. The highest BCUT2D eigenvalue weighted by Gasteiger charge is 2.13. The number of nitrogens with zero attached hydrogens (tertiary/aromatic N) is 1. The van der Waals surface area contributed by atoms with Gasteiger partial charge in [0.2, 0.25) is 0 Å². The topological polar surface area (TPSA) is 69.1 Å². The molecule has 3 rings (SSSR count). The van der Waals surface area contributed by atoms with Crippen LogP contribution in [-0.4, -0.2) is 4.98 Å². The lowest BCUT2D eigenvalue weighted by Crippen LogP contribution is -2.03. The van der Waals surface area contributed by atoms with Gasteiger partial charge in [0.05, 0.1) is 11.3 Å². The van der Waals surface area contributed by atoms with Gasteiger partial charge in [0, 0.05) is 10.3 Å². The number of nitrogens with two attached hydrogens (primary N) is 1. The van der Waals surface area contributed by atoms with Crippen molar-refractivity contribution in [2.75, 3.05) is 5.73 Å². The summed E-state index contributed by atoms with van der Waals surface area (Å²) in [7, 11) is 0. The first-order chi connectivity index (χ1) is 8.65. The molecule has 2 N–H and O–H groups in total. The molecule has 0 fully saturated rings. The highest BCUT2D eigenvalue weighted by atomic mass is 32.1. The SMILES string of the molecule is Cc1sc(N)nc1-c1cc2ccccc2oc1=O. The average molecular weight is 258 g/mol. The van der Waals surface area contributed by atoms with Gasteiger partial charge in [-0.1, -0.05) is 18.2 Å². The van der Waals surface area contributed by atoms with Crippen LogP contribution in [0.5, 0.6) is 0 Å². The first kappa shape index (κ1) is 11.0. The van der Waals surface area contributed by atoms with Crippen LogP contribution in [0, 0.1) is 6.92 Å². The maximum Gasteiger partial charge on any atom is 0.345 e. The minimum Gasteiger partial charge on any atom is -0.422 e. The van der Waals surface area contributed by atoms with Gasteiger partial charge < -0.3 is 10.2 Å². The minimum absolute atomic E-state index is 0.387. The monoisotopic (exact) mass is 258 g/mol. The van der Waals surface area contributed by atoms with Gasteiger partial charge in [-0.3, -0.25) is 0 Å². The molecule has 4 nitrogen and oxygen atoms in total. The normalized spacial score (nSPS) is 10.9. The third kappa shape index (κ3) is 1.69. The fourth-order valence-electron chi connectivity index (χ4n) is 1.89. The maximum absolute atomic E-state index is 12.0. The molecule has 0 amide bonds. The first-order valence-electron chi connectivity index (χ1n) is 5.41. The summed E-state index contributed by atoms with van der Waals surface area (Å²) in [5, 5.41) is 1.33. The lowest BCUT2D eigenvalue weighted by Gasteiger charge is -2.00. The van der Waals surface area contributed by atoms with Gasteiger partial charge in [-0.15, -0.1) is 11.3 Å². The van der Waals surface area contributed by atoms with Crippen molar-refractivity contribution in [3.05, 3.63) is 45.6 Å². The second kappa shape index (κ2) is 3.96. The van der Waals surface area contributed by atoms with E-state index in [0.717, 1.165) is 10.3 Å². The predicted molar refractivity (Wildman–Crippen MR) is 72.7 cm³/mol. The number of para-hydroxylation sites is 1. The maximum atomic E-state index is 12.0. The van der Waals surface area contributed by atoms with Gasteiger partial charge in [0.1, 0.15) is 5.58 Å². The standard InChI is InChI=1S/C13H10N2O2S/c1-7-11(15-13(14)18-7)9-6-8-4-2-3-5-10(8)17-12(9)16/h2-6H,1H3,(H2,14,15). The molecule has 0 unspecified atom stereocenters. The summed E-state index contributed by atoms with van der Waals surface area (Å²) in [5.74, 6) is 0. The molecule has 0 saturated carbocycles. The third-order valence-electron chi connectivity index (χ3n) is 2.71. The van der Waals surface area contributed by atoms with Crippen LogP contribution in [0.4, 0.5) is 5.13 Å². The molecule has 90 valence electrons. The molecular weight excluding hydrogens is 248 g/mol. The Morgan fingerprint density at radius 3 is 2.83 bits per heavy atom. The van der Waals surface area contributed by atoms with E-state index in [9.17, 15) is 4.79 Å². The molecule has 0 bridgehead atoms. The molecule has 5 heteroatoms. The number of fused-ring (bicyclic) bond motifs is 1. The quantitative estimate of drug-likeness (QED) is 0.681. The smallest absolute Gasteiger partial charge is 0.345 e. The summed E-state index contributed by atoms with van der Waals surface area (Å²) in [5.41, 5.74) is 6.91. The number of aromatic nitrogens is 1. The van der Waals surface area contributed by atoms with Crippen molar-refractivity contribution in [1.29, 1.82) is 0 Å². The van der Waals surface area contributed by atoms with Crippen LogP contribution in [0.3, 0.4) is 0 Å². The molecule has 0 saturated heterocycles. The van der Waals surface area contributed by atoms with Crippen molar-refractivity contribution >= 4 is 27.4 Å². The van der Waals surface area contributed by atoms with Gasteiger partial charge in [-0.25, -0.2) is 9.78 Å². The number of hydrogen-bond donors (Lipinski definition) is 1. The van der Waals surface area contributed by atoms with Crippen molar-refractivity contribution < 1.29 is 4.42 Å². The van der Waals surface area contributed by atoms with Crippen LogP contribution < -0.4 is 11.4 Å². The van der Waals surface area contributed by atoms with E-state index in [2.05, 4.69) is 4.98 Å². The molecule has 18 heavy (non-hydrogen) atoms. The lowest BCUT2D eigenvalue weighted by atomic mass is 10.1. The van der Waals surface area contributed by atoms with E-state index < -0.39 is 0 Å². The Morgan fingerprint density at radius 1 is 1.33 bits per heavy atom. The van der Waals surface area contributed by atoms with Gasteiger partial charge >= 0.3 is 5.63 Å². The van der Waals surface area contributed by atoms with Crippen LogP contribution >= 0.6 is 11.3 Å². The van der Waals surface area contributed by atoms with E-state index in [-0.39, 0.29) is 5.63 Å². The summed E-state index contributed by atoms with van der Waals surface area (Å²) >= 11 is 1.36. The summed E-state index contributed by atoms with van der Waals surface area (Å²) in [6.45, 7) is 1.89. The molecule has 2 heterocycles. The third-order valence-corrected chi connectivity index (χ3v) is 3.51. The Balaban J connectivity index is 2.32. The van der Waals surface area contributed by atoms with Gasteiger partial charge in [-0.05, 0) is 19.1 Å². The second-order valence-electron chi connectivity index (χ2n) is 3.94. The molecule has 0 spiro atoms. The first-order valence-corrected chi connectivity index (χ1v) is 6.23. The van der Waals surface area contributed by atoms with Gasteiger partial charge in [-0.2, -0.15) is 0 Å². The zero-order valence-corrected chi connectivity index (χ0v) is 10.5. The molecule has 0 aliphatic carbocycles. The van der Waals surface area contributed by atoms with Crippen LogP contribution in [0.2, 0.25) is 0 Å². The molecule has 3 aromatic rings. The van der Waals surface area contributed by atoms with E-state index in [1.54, 1.807) is 12.1 Å². The Bertz CT molecular complexity index is 789. The molecule has 0 aliphatic rings. The number of rotatable bonds is 1. The van der Waals surface area contributed by atoms with Gasteiger partial charge in [0.25, 0.3) is 0 Å². The molecular formula is C13H10N2O2S. The van der Waals surface area contributed by atoms with E-state index in [0.29, 0.717) is 22.0 Å². The van der Waals surface area contributed by atoms with Crippen molar-refractivity contribution in [3.63, 3.8) is 0 Å². The fourth-order valence-corrected chi connectivity index (χ4v) is 2.60. The zero-order chi connectivity index (χ0) is 12.7. The Kier molecular flexibility index (Phi) is 2.41. The highest BCUT2D eigenvalue weighted by Crippen LogP contribution is 2.28. The molecule has 0 aliphatic heterocycles. The number of thiazole rings is 1. The van der Waals surface area contributed by atoms with E-state index in [1.165, 1.54) is 11.3 Å². The van der Waals surface area contributed by atoms with Crippen LogP contribution in [0.1, 0.15) is 4.88 Å². The number of hydrogen-bond acceptors (Lipinski definition) is 5. The Labute approximate surface area is 107 Å². The van der Waals surface area contributed by atoms with Crippen LogP contribution in [0.15, 0.2) is 39.5 Å². The van der Waals surface area contributed by atoms with Crippen molar-refractivity contribution in [2.45, 2.75) is 6.92 Å². The summed E-state index contributed by atoms with van der Waals surface area (Å²) < 4.78 is 5.28. The van der Waals surface area contributed by atoms with Crippen molar-refractivity contribution in [2.24, 2.45) is 0 Å². The minimum atomic E-state index is -0.387. The van der Waals surface area contributed by atoms with Crippen LogP contribution in [-0.2, 0) is 0 Å². The predicted octanol–water partition coefficient (Wildman–Crippen LogP) is 2.81. The Hall–Kier alpha value is -2.14. The lowest BCUT2D eigenvalue weighted by molar-refractivity contribution is 0.563. The highest BCUT2D eigenvalue weighted by molar-refractivity contribution is 7.15. The largest absolute Gasteiger partial charge is 0.422 e. The summed E-state index contributed by atoms with van der Waals surface area (Å²) in [6, 6.07) is 9.18. The number of benzene rings is 1. The van der Waals surface area contributed by atoms with Crippen LogP contribution in [0.25, 0.3) is 22.2 Å². The second-order valence-corrected chi connectivity index (χ2v) is 5.18. The van der Waals surface area contributed by atoms with E-state index in [1.807, 2.05) is 25.1 Å².